The van der Waals surface area contributed by atoms with Crippen molar-refractivity contribution < 1.29 is 50.0 Å². The molecule has 1 atom stereocenters. The zero-order chi connectivity index (χ0) is 36.9. The summed E-state index contributed by atoms with van der Waals surface area (Å²) in [5.74, 6) is -5.96. The molecule has 1 saturated heterocycles. The van der Waals surface area contributed by atoms with Crippen LogP contribution in [0.25, 0.3) is 0 Å². The van der Waals surface area contributed by atoms with Crippen LogP contribution in [0.15, 0.2) is 59.6 Å². The number of fused-ring (bicyclic) bond motifs is 6. The van der Waals surface area contributed by atoms with Crippen LogP contribution in [0, 0.1) is 5.92 Å². The van der Waals surface area contributed by atoms with Gasteiger partial charge in [0.05, 0.1) is 24.3 Å². The van der Waals surface area contributed by atoms with Crippen LogP contribution in [0.4, 0.5) is 55.2 Å². The van der Waals surface area contributed by atoms with Gasteiger partial charge >= 0.3 is 23.9 Å². The number of aryl methyl sites for hydroxylation is 2. The third-order valence-electron chi connectivity index (χ3n) is 7.54. The quantitative estimate of drug-likeness (QED) is 0.166. The second-order valence-corrected chi connectivity index (χ2v) is 11.7. The van der Waals surface area contributed by atoms with Crippen molar-refractivity contribution in [3.05, 3.63) is 77.0 Å². The SMILES string of the molecule is O=C(C(=O)C(F)(F)F)C(F)(F)F.O=C(C[C@H]1CCN(C(=O)c2ccno2)C1)Nc1ccc2cc1CCc1cncc(c1)Nc1ncc(Cl)c(n1)N2. The van der Waals surface area contributed by atoms with Gasteiger partial charge in [-0.3, -0.25) is 24.2 Å². The highest BCUT2D eigenvalue weighted by molar-refractivity contribution is 6.41. The molecule has 6 bridgehead atoms. The molecule has 2 aliphatic rings. The van der Waals surface area contributed by atoms with Gasteiger partial charge in [0.2, 0.25) is 17.6 Å². The number of Topliss-reactive ketones (excluding diaryl/α,β-unsaturated/α-hetero) is 2. The molecular formula is C31H25ClF6N8O5. The van der Waals surface area contributed by atoms with E-state index >= 15 is 0 Å². The number of nitrogens with one attached hydrogen (secondary N) is 3. The molecule has 13 nitrogen and oxygen atoms in total. The van der Waals surface area contributed by atoms with Crippen molar-refractivity contribution in [3.8, 4) is 0 Å². The van der Waals surface area contributed by atoms with E-state index in [9.17, 15) is 45.5 Å². The normalized spacial score (nSPS) is 15.4. The van der Waals surface area contributed by atoms with Crippen molar-refractivity contribution in [1.82, 2.24) is 25.0 Å². The third-order valence-corrected chi connectivity index (χ3v) is 7.81. The number of anilines is 5. The molecule has 5 heterocycles. The number of aromatic nitrogens is 4. The van der Waals surface area contributed by atoms with Crippen molar-refractivity contribution in [1.29, 1.82) is 0 Å². The van der Waals surface area contributed by atoms with Crippen molar-refractivity contribution in [2.24, 2.45) is 5.92 Å². The summed E-state index contributed by atoms with van der Waals surface area (Å²) in [7, 11) is 0. The first-order valence-corrected chi connectivity index (χ1v) is 15.3. The Balaban J connectivity index is 0.000000362. The van der Waals surface area contributed by atoms with Crippen molar-refractivity contribution in [3.63, 3.8) is 0 Å². The van der Waals surface area contributed by atoms with Crippen LogP contribution in [-0.4, -0.2) is 73.8 Å². The Morgan fingerprint density at radius 3 is 2.37 bits per heavy atom. The van der Waals surface area contributed by atoms with E-state index in [0.29, 0.717) is 42.7 Å². The van der Waals surface area contributed by atoms with Crippen LogP contribution in [0.5, 0.6) is 0 Å². The van der Waals surface area contributed by atoms with Crippen LogP contribution in [-0.2, 0) is 27.2 Å². The Kier molecular flexibility index (Phi) is 10.9. The van der Waals surface area contributed by atoms with Gasteiger partial charge in [-0.2, -0.15) is 31.3 Å². The molecule has 2 amide bonds. The molecular weight excluding hydrogens is 714 g/mol. The number of carbonyl (C=O) groups is 4. The Morgan fingerprint density at radius 2 is 1.69 bits per heavy atom. The van der Waals surface area contributed by atoms with Crippen molar-refractivity contribution in [2.45, 2.75) is 38.0 Å². The molecule has 0 radical (unpaired) electrons. The smallest absolute Gasteiger partial charge is 0.351 e. The Labute approximate surface area is 288 Å². The minimum atomic E-state index is -5.77. The first kappa shape index (κ1) is 36.7. The Morgan fingerprint density at radius 1 is 0.941 bits per heavy atom. The largest absolute Gasteiger partial charge is 0.458 e. The number of halogens is 7. The molecule has 0 spiro atoms. The van der Waals surface area contributed by atoms with Gasteiger partial charge in [-0.15, -0.1) is 0 Å². The fourth-order valence-corrected chi connectivity index (χ4v) is 5.28. The summed E-state index contributed by atoms with van der Waals surface area (Å²) in [6.07, 6.45) is -2.56. The fraction of sp³-hybridized carbons (Fsp3) is 0.290. The van der Waals surface area contributed by atoms with Crippen LogP contribution < -0.4 is 16.0 Å². The van der Waals surface area contributed by atoms with E-state index in [1.165, 1.54) is 12.4 Å². The van der Waals surface area contributed by atoms with Crippen molar-refractivity contribution in [2.75, 3.05) is 29.0 Å². The average molecular weight is 739 g/mol. The molecule has 6 rings (SSSR count). The highest BCUT2D eigenvalue weighted by atomic mass is 35.5. The number of alkyl halides is 6. The number of benzene rings is 1. The van der Waals surface area contributed by atoms with E-state index in [1.54, 1.807) is 17.2 Å². The van der Waals surface area contributed by atoms with E-state index in [4.69, 9.17) is 16.1 Å². The summed E-state index contributed by atoms with van der Waals surface area (Å²) in [5, 5.41) is 13.5. The van der Waals surface area contributed by atoms with E-state index < -0.39 is 23.9 Å². The zero-order valence-electron chi connectivity index (χ0n) is 25.9. The number of carbonyl (C=O) groups excluding carboxylic acids is 4. The Bertz CT molecular complexity index is 1920. The second-order valence-electron chi connectivity index (χ2n) is 11.3. The van der Waals surface area contributed by atoms with E-state index in [0.717, 1.165) is 41.0 Å². The van der Waals surface area contributed by atoms with Gasteiger partial charge in [-0.25, -0.2) is 4.98 Å². The summed E-state index contributed by atoms with van der Waals surface area (Å²) >= 11 is 6.36. The molecule has 3 N–H and O–H groups in total. The monoisotopic (exact) mass is 738 g/mol. The molecule has 20 heteroatoms. The maximum absolute atomic E-state index is 13.1. The minimum absolute atomic E-state index is 0.0679. The lowest BCUT2D eigenvalue weighted by molar-refractivity contribution is -0.193. The lowest BCUT2D eigenvalue weighted by atomic mass is 10.0. The van der Waals surface area contributed by atoms with E-state index in [2.05, 4.69) is 36.1 Å². The summed E-state index contributed by atoms with van der Waals surface area (Å²) in [6, 6.07) is 9.30. The predicted octanol–water partition coefficient (Wildman–Crippen LogP) is 5.84. The molecule has 0 unspecified atom stereocenters. The summed E-state index contributed by atoms with van der Waals surface area (Å²) in [5.41, 5.74) is 4.30. The first-order chi connectivity index (χ1) is 24.1. The van der Waals surface area contributed by atoms with Gasteiger partial charge in [-0.1, -0.05) is 16.8 Å². The first-order valence-electron chi connectivity index (χ1n) is 14.9. The molecule has 1 fully saturated rings. The van der Waals surface area contributed by atoms with Crippen LogP contribution in [0.1, 0.15) is 34.5 Å². The summed E-state index contributed by atoms with van der Waals surface area (Å²) < 4.78 is 71.9. The highest BCUT2D eigenvalue weighted by Gasteiger charge is 2.54. The van der Waals surface area contributed by atoms with E-state index in [-0.39, 0.29) is 23.5 Å². The number of nitrogens with zero attached hydrogens (tertiary/aromatic N) is 5. The van der Waals surface area contributed by atoms with Crippen LogP contribution in [0.2, 0.25) is 5.02 Å². The number of likely N-dealkylation sites (tertiary alicyclic amines) is 1. The number of amides is 2. The second kappa shape index (κ2) is 15.1. The zero-order valence-corrected chi connectivity index (χ0v) is 26.7. The molecule has 4 aromatic rings. The lowest BCUT2D eigenvalue weighted by Gasteiger charge is -2.16. The number of ketones is 2. The molecule has 268 valence electrons. The van der Waals surface area contributed by atoms with Gasteiger partial charge in [0.25, 0.3) is 5.91 Å². The van der Waals surface area contributed by atoms with E-state index in [1.807, 2.05) is 30.5 Å². The van der Waals surface area contributed by atoms with Crippen molar-refractivity contribution >= 4 is 63.8 Å². The fourth-order valence-electron chi connectivity index (χ4n) is 5.14. The van der Waals surface area contributed by atoms with Crippen LogP contribution >= 0.6 is 11.6 Å². The molecule has 51 heavy (non-hydrogen) atoms. The predicted molar refractivity (Wildman–Crippen MR) is 168 cm³/mol. The summed E-state index contributed by atoms with van der Waals surface area (Å²) in [6.45, 7) is 1.08. The number of hydrogen-bond acceptors (Lipinski definition) is 11. The number of rotatable bonds is 5. The third kappa shape index (κ3) is 9.56. The molecule has 1 aromatic carbocycles. The molecule has 0 saturated carbocycles. The highest BCUT2D eigenvalue weighted by Crippen LogP contribution is 2.30. The standard InChI is InChI=1S/C27H25ClN8O3.C4F6O2/c28-21-14-30-27-33-20-9-16(12-29-13-20)1-2-18-11-19(32-25(21)35-27)3-4-22(18)34-24(37)10-17-6-8-36(15-17)26(38)23-5-7-31-39-23;5-3(6,7)1(11)2(12)4(8,9)10/h3-5,7,9,11-14,17H,1-2,6,8,10,15H2,(H,34,37)(H2,30,32,33,35);/t17-;/m1./s1. The molecule has 3 aromatic heterocycles. The van der Waals surface area contributed by atoms with Gasteiger partial charge in [-0.05, 0) is 60.6 Å². The van der Waals surface area contributed by atoms with Gasteiger partial charge in [0.1, 0.15) is 5.02 Å². The topological polar surface area (TPSA) is 172 Å². The van der Waals surface area contributed by atoms with Gasteiger partial charge in [0.15, 0.2) is 5.82 Å². The minimum Gasteiger partial charge on any atom is -0.351 e. The maximum Gasteiger partial charge on any atom is 0.458 e. The summed E-state index contributed by atoms with van der Waals surface area (Å²) in [4.78, 5) is 59.6. The van der Waals surface area contributed by atoms with Gasteiger partial charge in [0, 0.05) is 43.1 Å². The molecule has 2 aliphatic heterocycles. The van der Waals surface area contributed by atoms with Gasteiger partial charge < -0.3 is 25.4 Å². The average Bonchev–Trinajstić information content (AvgIpc) is 3.78. The number of pyridine rings is 1. The maximum atomic E-state index is 13.1. The lowest BCUT2D eigenvalue weighted by Crippen LogP contribution is -2.39. The number of hydrogen-bond donors (Lipinski definition) is 3. The molecule has 0 aliphatic carbocycles. The Hall–Kier alpha value is -5.59. The van der Waals surface area contributed by atoms with Crippen LogP contribution in [0.3, 0.4) is 0 Å².